The highest BCUT2D eigenvalue weighted by Crippen LogP contribution is 2.16. The van der Waals surface area contributed by atoms with Crippen LogP contribution < -0.4 is 16.6 Å². The molecule has 0 unspecified atom stereocenters. The Balaban J connectivity index is 2.17. The summed E-state index contributed by atoms with van der Waals surface area (Å²) >= 11 is 1.62. The zero-order chi connectivity index (χ0) is 15.4. The highest BCUT2D eigenvalue weighted by molar-refractivity contribution is 7.08. The Bertz CT molecular complexity index is 638. The Morgan fingerprint density at radius 1 is 1.43 bits per heavy atom. The van der Waals surface area contributed by atoms with E-state index >= 15 is 0 Å². The van der Waals surface area contributed by atoms with E-state index < -0.39 is 0 Å². The van der Waals surface area contributed by atoms with Crippen LogP contribution in [0.15, 0.2) is 17.0 Å². The Morgan fingerprint density at radius 2 is 2.19 bits per heavy atom. The van der Waals surface area contributed by atoms with E-state index in [-0.39, 0.29) is 17.5 Å². The van der Waals surface area contributed by atoms with Gasteiger partial charge in [0.25, 0.3) is 5.91 Å². The van der Waals surface area contributed by atoms with E-state index in [2.05, 4.69) is 26.1 Å². The van der Waals surface area contributed by atoms with Crippen molar-refractivity contribution < 1.29 is 4.79 Å². The standard InChI is InChI=1S/C14H19N5OS/c1-8(2)13-16-5-11(19-15)12(18-13)14(20)17-4-10-7-21-6-9(10)3/h5-8,19H,4,15H2,1-3H3,(H,17,20). The van der Waals surface area contributed by atoms with Crippen LogP contribution in [0.4, 0.5) is 5.69 Å². The Kier molecular flexibility index (Phi) is 4.87. The van der Waals surface area contributed by atoms with Crippen LogP contribution in [-0.4, -0.2) is 15.9 Å². The number of hydrogen-bond acceptors (Lipinski definition) is 6. The quantitative estimate of drug-likeness (QED) is 0.581. The fraction of sp³-hybridized carbons (Fsp3) is 0.357. The molecular formula is C14H19N5OS. The monoisotopic (exact) mass is 305 g/mol. The summed E-state index contributed by atoms with van der Waals surface area (Å²) in [6, 6.07) is 0. The van der Waals surface area contributed by atoms with Gasteiger partial charge in [-0.25, -0.2) is 9.97 Å². The number of hydrazine groups is 1. The van der Waals surface area contributed by atoms with Gasteiger partial charge in [-0.2, -0.15) is 11.3 Å². The molecule has 2 aromatic rings. The van der Waals surface area contributed by atoms with Crippen LogP contribution >= 0.6 is 11.3 Å². The van der Waals surface area contributed by atoms with Crippen LogP contribution in [-0.2, 0) is 6.54 Å². The molecular weight excluding hydrogens is 286 g/mol. The molecule has 0 spiro atoms. The average molecular weight is 305 g/mol. The average Bonchev–Trinajstić information content (AvgIpc) is 2.89. The highest BCUT2D eigenvalue weighted by atomic mass is 32.1. The third kappa shape index (κ3) is 3.56. The number of amides is 1. The second kappa shape index (κ2) is 6.64. The molecule has 112 valence electrons. The van der Waals surface area contributed by atoms with Crippen LogP contribution in [0.2, 0.25) is 0 Å². The van der Waals surface area contributed by atoms with Gasteiger partial charge in [0.1, 0.15) is 5.82 Å². The predicted molar refractivity (Wildman–Crippen MR) is 84.2 cm³/mol. The number of anilines is 1. The van der Waals surface area contributed by atoms with Crippen LogP contribution in [0.1, 0.15) is 47.2 Å². The first-order chi connectivity index (χ1) is 10.0. The first kappa shape index (κ1) is 15.4. The maximum absolute atomic E-state index is 12.3. The number of nitrogen functional groups attached to an aromatic ring is 1. The molecule has 0 radical (unpaired) electrons. The molecule has 2 heterocycles. The second-order valence-electron chi connectivity index (χ2n) is 5.05. The summed E-state index contributed by atoms with van der Waals surface area (Å²) in [5, 5.41) is 6.94. The third-order valence-corrected chi connectivity index (χ3v) is 4.01. The van der Waals surface area contributed by atoms with Gasteiger partial charge in [0, 0.05) is 12.5 Å². The van der Waals surface area contributed by atoms with Gasteiger partial charge in [0.2, 0.25) is 0 Å². The van der Waals surface area contributed by atoms with Crippen molar-refractivity contribution >= 4 is 22.9 Å². The molecule has 0 aliphatic heterocycles. The molecule has 1 amide bonds. The summed E-state index contributed by atoms with van der Waals surface area (Å²) in [4.78, 5) is 20.8. The van der Waals surface area contributed by atoms with E-state index in [0.29, 0.717) is 18.1 Å². The number of rotatable bonds is 5. The molecule has 0 fully saturated rings. The molecule has 2 rings (SSSR count). The SMILES string of the molecule is Cc1cscc1CNC(=O)c1nc(C(C)C)ncc1NN. The minimum Gasteiger partial charge on any atom is -0.347 e. The largest absolute Gasteiger partial charge is 0.347 e. The third-order valence-electron chi connectivity index (χ3n) is 3.10. The molecule has 4 N–H and O–H groups in total. The van der Waals surface area contributed by atoms with Crippen LogP contribution in [0, 0.1) is 6.92 Å². The first-order valence-corrected chi connectivity index (χ1v) is 7.60. The minimum atomic E-state index is -0.266. The first-order valence-electron chi connectivity index (χ1n) is 6.66. The van der Waals surface area contributed by atoms with Crippen LogP contribution in [0.5, 0.6) is 0 Å². The van der Waals surface area contributed by atoms with Gasteiger partial charge in [-0.1, -0.05) is 13.8 Å². The van der Waals surface area contributed by atoms with Crippen molar-refractivity contribution in [3.8, 4) is 0 Å². The Morgan fingerprint density at radius 3 is 2.76 bits per heavy atom. The van der Waals surface area contributed by atoms with Gasteiger partial charge in [0.05, 0.1) is 11.9 Å². The maximum atomic E-state index is 12.3. The van der Waals surface area contributed by atoms with Gasteiger partial charge < -0.3 is 10.7 Å². The van der Waals surface area contributed by atoms with Crippen LogP contribution in [0.25, 0.3) is 0 Å². The number of nitrogens with zero attached hydrogens (tertiary/aromatic N) is 2. The summed E-state index contributed by atoms with van der Waals surface area (Å²) < 4.78 is 0. The van der Waals surface area contributed by atoms with E-state index in [0.717, 1.165) is 5.56 Å². The second-order valence-corrected chi connectivity index (χ2v) is 5.80. The van der Waals surface area contributed by atoms with E-state index in [1.165, 1.54) is 11.8 Å². The van der Waals surface area contributed by atoms with Crippen molar-refractivity contribution in [2.45, 2.75) is 33.2 Å². The lowest BCUT2D eigenvalue weighted by molar-refractivity contribution is 0.0946. The molecule has 2 aromatic heterocycles. The summed E-state index contributed by atoms with van der Waals surface area (Å²) in [7, 11) is 0. The van der Waals surface area contributed by atoms with Crippen molar-refractivity contribution in [2.75, 3.05) is 5.43 Å². The summed E-state index contributed by atoms with van der Waals surface area (Å²) in [5.74, 6) is 5.91. The fourth-order valence-electron chi connectivity index (χ4n) is 1.78. The Labute approximate surface area is 127 Å². The minimum absolute atomic E-state index is 0.141. The molecule has 21 heavy (non-hydrogen) atoms. The summed E-state index contributed by atoms with van der Waals surface area (Å²) in [5.41, 5.74) is 5.42. The van der Waals surface area contributed by atoms with Crippen molar-refractivity contribution in [1.82, 2.24) is 15.3 Å². The lowest BCUT2D eigenvalue weighted by atomic mass is 10.2. The van der Waals surface area contributed by atoms with Gasteiger partial charge in [-0.05, 0) is 28.8 Å². The lowest BCUT2D eigenvalue weighted by Crippen LogP contribution is -2.27. The van der Waals surface area contributed by atoms with Crippen LogP contribution in [0.3, 0.4) is 0 Å². The van der Waals surface area contributed by atoms with Crippen molar-refractivity contribution in [3.05, 3.63) is 39.6 Å². The molecule has 0 saturated carbocycles. The molecule has 0 bridgehead atoms. The van der Waals surface area contributed by atoms with Crippen molar-refractivity contribution in [2.24, 2.45) is 5.84 Å². The topological polar surface area (TPSA) is 92.9 Å². The number of aryl methyl sites for hydroxylation is 1. The smallest absolute Gasteiger partial charge is 0.272 e. The molecule has 0 aromatic carbocycles. The number of thiophene rings is 1. The number of nitrogens with one attached hydrogen (secondary N) is 2. The number of carbonyl (C=O) groups is 1. The van der Waals surface area contributed by atoms with Crippen molar-refractivity contribution in [1.29, 1.82) is 0 Å². The van der Waals surface area contributed by atoms with Gasteiger partial charge >= 0.3 is 0 Å². The number of nitrogens with two attached hydrogens (primary N) is 1. The molecule has 0 aliphatic rings. The van der Waals surface area contributed by atoms with Gasteiger partial charge in [-0.3, -0.25) is 10.6 Å². The zero-order valence-electron chi connectivity index (χ0n) is 12.3. The normalized spacial score (nSPS) is 10.7. The summed E-state index contributed by atoms with van der Waals surface area (Å²) in [6.07, 6.45) is 1.53. The molecule has 0 saturated heterocycles. The Hall–Kier alpha value is -1.99. The molecule has 6 nitrogen and oxygen atoms in total. The predicted octanol–water partition coefficient (Wildman–Crippen LogP) is 2.19. The van der Waals surface area contributed by atoms with Gasteiger partial charge in [0.15, 0.2) is 5.69 Å². The van der Waals surface area contributed by atoms with E-state index in [9.17, 15) is 4.79 Å². The molecule has 0 atom stereocenters. The van der Waals surface area contributed by atoms with Crippen molar-refractivity contribution in [3.63, 3.8) is 0 Å². The zero-order valence-corrected chi connectivity index (χ0v) is 13.1. The number of carbonyl (C=O) groups excluding carboxylic acids is 1. The molecule has 0 aliphatic carbocycles. The van der Waals surface area contributed by atoms with Gasteiger partial charge in [-0.15, -0.1) is 0 Å². The van der Waals surface area contributed by atoms with E-state index in [1.54, 1.807) is 11.3 Å². The lowest BCUT2D eigenvalue weighted by Gasteiger charge is -2.11. The summed E-state index contributed by atoms with van der Waals surface area (Å²) in [6.45, 7) is 6.44. The van der Waals surface area contributed by atoms with E-state index in [4.69, 9.17) is 5.84 Å². The molecule has 7 heteroatoms. The van der Waals surface area contributed by atoms with E-state index in [1.807, 2.05) is 26.2 Å². The highest BCUT2D eigenvalue weighted by Gasteiger charge is 2.16. The number of hydrogen-bond donors (Lipinski definition) is 3. The fourth-order valence-corrected chi connectivity index (χ4v) is 2.64. The maximum Gasteiger partial charge on any atom is 0.272 e. The number of aromatic nitrogens is 2.